The summed E-state index contributed by atoms with van der Waals surface area (Å²) in [5.41, 5.74) is 2.76. The first-order valence-electron chi connectivity index (χ1n) is 7.72. The van der Waals surface area contributed by atoms with Crippen LogP contribution in [0.5, 0.6) is 5.75 Å². The van der Waals surface area contributed by atoms with Crippen LogP contribution < -0.4 is 5.32 Å². The molecule has 0 radical (unpaired) electrons. The molecular weight excluding hydrogens is 264 g/mol. The number of nitrogens with one attached hydrogen (secondary N) is 1. The molecule has 1 aromatic carbocycles. The topological polar surface area (TPSA) is 55.7 Å². The van der Waals surface area contributed by atoms with Gasteiger partial charge in [0.05, 0.1) is 0 Å². The number of piperazine rings is 1. The number of phenols is 1. The van der Waals surface area contributed by atoms with Gasteiger partial charge in [0.1, 0.15) is 5.75 Å². The third-order valence-corrected chi connectivity index (χ3v) is 4.49. The molecule has 1 aromatic rings. The van der Waals surface area contributed by atoms with Gasteiger partial charge in [-0.3, -0.25) is 4.90 Å². The lowest BCUT2D eigenvalue weighted by Gasteiger charge is -2.43. The second-order valence-electron chi connectivity index (χ2n) is 6.84. The number of aryl methyl sites for hydroxylation is 2. The summed E-state index contributed by atoms with van der Waals surface area (Å²) in [7, 11) is 0. The van der Waals surface area contributed by atoms with E-state index in [1.54, 1.807) is 0 Å². The maximum Gasteiger partial charge on any atom is 0.121 e. The largest absolute Gasteiger partial charge is 0.507 e. The fourth-order valence-corrected chi connectivity index (χ4v) is 3.33. The molecule has 0 saturated carbocycles. The van der Waals surface area contributed by atoms with Gasteiger partial charge >= 0.3 is 0 Å². The van der Waals surface area contributed by atoms with Crippen molar-refractivity contribution >= 4 is 0 Å². The maximum atomic E-state index is 10.0. The predicted octanol–water partition coefficient (Wildman–Crippen LogP) is 1.97. The Morgan fingerprint density at radius 1 is 1.19 bits per heavy atom. The van der Waals surface area contributed by atoms with E-state index in [0.29, 0.717) is 5.75 Å². The zero-order valence-corrected chi connectivity index (χ0v) is 13.6. The smallest absolute Gasteiger partial charge is 0.121 e. The van der Waals surface area contributed by atoms with Gasteiger partial charge in [0, 0.05) is 44.2 Å². The van der Waals surface area contributed by atoms with Gasteiger partial charge in [-0.15, -0.1) is 0 Å². The lowest BCUT2D eigenvalue weighted by molar-refractivity contribution is 0.0304. The first kappa shape index (κ1) is 16.3. The summed E-state index contributed by atoms with van der Waals surface area (Å²) in [5.74, 6) is 0.375. The lowest BCUT2D eigenvalue weighted by Crippen LogP contribution is -2.49. The van der Waals surface area contributed by atoms with Crippen LogP contribution >= 0.6 is 0 Å². The second-order valence-corrected chi connectivity index (χ2v) is 6.84. The van der Waals surface area contributed by atoms with Crippen LogP contribution in [-0.4, -0.2) is 47.9 Å². The number of aliphatic hydroxyl groups is 1. The molecule has 0 aliphatic carbocycles. The van der Waals surface area contributed by atoms with Gasteiger partial charge in [0.2, 0.25) is 0 Å². The molecule has 1 atom stereocenters. The number of phenolic OH excluding ortho intramolecular Hbond substituents is 1. The highest BCUT2D eigenvalue weighted by Crippen LogP contribution is 2.40. The summed E-state index contributed by atoms with van der Waals surface area (Å²) in [5, 5.41) is 23.2. The lowest BCUT2D eigenvalue weighted by atomic mass is 9.79. The number of hydrogen-bond acceptors (Lipinski definition) is 4. The molecule has 2 rings (SSSR count). The Labute approximate surface area is 127 Å². The molecule has 1 fully saturated rings. The Balaban J connectivity index is 2.44. The van der Waals surface area contributed by atoms with Crippen molar-refractivity contribution in [1.82, 2.24) is 10.2 Å². The van der Waals surface area contributed by atoms with Crippen molar-refractivity contribution in [3.05, 3.63) is 28.8 Å². The summed E-state index contributed by atoms with van der Waals surface area (Å²) < 4.78 is 0. The van der Waals surface area contributed by atoms with E-state index < -0.39 is 0 Å². The van der Waals surface area contributed by atoms with Crippen LogP contribution in [0.2, 0.25) is 0 Å². The quantitative estimate of drug-likeness (QED) is 0.794. The van der Waals surface area contributed by atoms with E-state index in [0.717, 1.165) is 37.3 Å². The molecule has 3 N–H and O–H groups in total. The molecule has 0 amide bonds. The molecule has 4 nitrogen and oxygen atoms in total. The number of hydrogen-bond donors (Lipinski definition) is 3. The average molecular weight is 292 g/mol. The molecule has 0 aromatic heterocycles. The van der Waals surface area contributed by atoms with Gasteiger partial charge in [-0.05, 0) is 30.5 Å². The third kappa shape index (κ3) is 3.39. The number of benzene rings is 1. The Bertz CT molecular complexity index is 471. The standard InChI is InChI=1S/C17H28N2O2/c1-12-9-14(10-13(2)15(12)21)16(17(3,4)11-20)19-7-5-18-6-8-19/h9-10,16,18,20-21H,5-8,11H2,1-4H3/t16-/m1/s1. The summed E-state index contributed by atoms with van der Waals surface area (Å²) in [4.78, 5) is 2.44. The van der Waals surface area contributed by atoms with E-state index >= 15 is 0 Å². The van der Waals surface area contributed by atoms with Gasteiger partial charge in [-0.1, -0.05) is 26.0 Å². The van der Waals surface area contributed by atoms with Gasteiger partial charge in [-0.25, -0.2) is 0 Å². The van der Waals surface area contributed by atoms with Crippen molar-refractivity contribution in [2.75, 3.05) is 32.8 Å². The molecule has 118 valence electrons. The van der Waals surface area contributed by atoms with Crippen molar-refractivity contribution < 1.29 is 10.2 Å². The summed E-state index contributed by atoms with van der Waals surface area (Å²) in [6.07, 6.45) is 0. The van der Waals surface area contributed by atoms with Crippen molar-refractivity contribution in [2.45, 2.75) is 33.7 Å². The van der Waals surface area contributed by atoms with Gasteiger partial charge in [0.25, 0.3) is 0 Å². The first-order chi connectivity index (χ1) is 9.86. The summed E-state index contributed by atoms with van der Waals surface area (Å²) in [6.45, 7) is 12.1. The third-order valence-electron chi connectivity index (χ3n) is 4.49. The van der Waals surface area contributed by atoms with Gasteiger partial charge < -0.3 is 15.5 Å². The van der Waals surface area contributed by atoms with Gasteiger partial charge in [-0.2, -0.15) is 0 Å². The van der Waals surface area contributed by atoms with Crippen LogP contribution in [0.15, 0.2) is 12.1 Å². The Morgan fingerprint density at radius 2 is 1.71 bits per heavy atom. The van der Waals surface area contributed by atoms with E-state index in [9.17, 15) is 10.2 Å². The number of rotatable bonds is 4. The highest BCUT2D eigenvalue weighted by atomic mass is 16.3. The fraction of sp³-hybridized carbons (Fsp3) is 0.647. The van der Waals surface area contributed by atoms with E-state index in [1.165, 1.54) is 5.56 Å². The molecule has 0 unspecified atom stereocenters. The fourth-order valence-electron chi connectivity index (χ4n) is 3.33. The number of aliphatic hydroxyl groups excluding tert-OH is 1. The number of nitrogens with zero attached hydrogens (tertiary/aromatic N) is 1. The van der Waals surface area contributed by atoms with Crippen LogP contribution in [0, 0.1) is 19.3 Å². The Morgan fingerprint density at radius 3 is 2.19 bits per heavy atom. The summed E-state index contributed by atoms with van der Waals surface area (Å²) in [6, 6.07) is 4.28. The molecule has 4 heteroatoms. The van der Waals surface area contributed by atoms with E-state index in [4.69, 9.17) is 0 Å². The van der Waals surface area contributed by atoms with Crippen molar-refractivity contribution in [2.24, 2.45) is 5.41 Å². The minimum Gasteiger partial charge on any atom is -0.507 e. The van der Waals surface area contributed by atoms with Crippen molar-refractivity contribution in [3.63, 3.8) is 0 Å². The molecule has 1 aliphatic rings. The monoisotopic (exact) mass is 292 g/mol. The molecule has 1 saturated heterocycles. The van der Waals surface area contributed by atoms with Crippen LogP contribution in [0.1, 0.15) is 36.6 Å². The van der Waals surface area contributed by atoms with Gasteiger partial charge in [0.15, 0.2) is 0 Å². The molecular formula is C17H28N2O2. The molecule has 1 heterocycles. The van der Waals surface area contributed by atoms with Crippen molar-refractivity contribution in [1.29, 1.82) is 0 Å². The predicted molar refractivity (Wildman–Crippen MR) is 85.6 cm³/mol. The highest BCUT2D eigenvalue weighted by molar-refractivity contribution is 5.43. The molecule has 0 bridgehead atoms. The second kappa shape index (κ2) is 6.34. The zero-order chi connectivity index (χ0) is 15.6. The maximum absolute atomic E-state index is 10.0. The van der Waals surface area contributed by atoms with Crippen LogP contribution in [0.3, 0.4) is 0 Å². The average Bonchev–Trinajstić information content (AvgIpc) is 2.46. The highest BCUT2D eigenvalue weighted by Gasteiger charge is 2.36. The zero-order valence-electron chi connectivity index (χ0n) is 13.6. The van der Waals surface area contributed by atoms with Crippen LogP contribution in [-0.2, 0) is 0 Å². The minimum atomic E-state index is -0.229. The molecule has 0 spiro atoms. The van der Waals surface area contributed by atoms with Crippen LogP contribution in [0.4, 0.5) is 0 Å². The minimum absolute atomic E-state index is 0.139. The first-order valence-corrected chi connectivity index (χ1v) is 7.72. The van der Waals surface area contributed by atoms with E-state index in [1.807, 2.05) is 13.8 Å². The Hall–Kier alpha value is -1.10. The van der Waals surface area contributed by atoms with E-state index in [2.05, 4.69) is 36.2 Å². The summed E-state index contributed by atoms with van der Waals surface area (Å²) >= 11 is 0. The van der Waals surface area contributed by atoms with Crippen LogP contribution in [0.25, 0.3) is 0 Å². The molecule has 1 aliphatic heterocycles. The molecule has 21 heavy (non-hydrogen) atoms. The van der Waals surface area contributed by atoms with Crippen molar-refractivity contribution in [3.8, 4) is 5.75 Å². The SMILES string of the molecule is Cc1cc([C@@H](N2CCNCC2)C(C)(C)CO)cc(C)c1O. The number of aromatic hydroxyl groups is 1. The van der Waals surface area contributed by atoms with E-state index in [-0.39, 0.29) is 18.1 Å². The Kier molecular flexibility index (Phi) is 4.91. The normalized spacial score (nSPS) is 18.7.